The predicted molar refractivity (Wildman–Crippen MR) is 108 cm³/mol. The Morgan fingerprint density at radius 2 is 1.52 bits per heavy atom. The third-order valence-corrected chi connectivity index (χ3v) is 5.29. The Kier molecular flexibility index (Phi) is 4.78. The van der Waals surface area contributed by atoms with E-state index in [0.29, 0.717) is 42.3 Å². The van der Waals surface area contributed by atoms with Crippen molar-refractivity contribution in [2.45, 2.75) is 47.3 Å². The first-order valence-corrected chi connectivity index (χ1v) is 9.64. The molecule has 0 radical (unpaired) electrons. The van der Waals surface area contributed by atoms with Gasteiger partial charge in [-0.05, 0) is 56.5 Å². The molecule has 1 aromatic carbocycles. The first-order valence-electron chi connectivity index (χ1n) is 9.64. The summed E-state index contributed by atoms with van der Waals surface area (Å²) in [5.74, 6) is 2.56. The number of carbonyl (C=O) groups is 2. The van der Waals surface area contributed by atoms with E-state index in [0.717, 1.165) is 28.2 Å². The molecule has 4 rings (SSSR count). The highest BCUT2D eigenvalue weighted by Crippen LogP contribution is 2.27. The topological polar surface area (TPSA) is 75.7 Å². The smallest absolute Gasteiger partial charge is 0.258 e. The molecule has 0 saturated heterocycles. The number of rotatable bonds is 4. The fraction of sp³-hybridized carbons (Fsp3) is 0.304. The Morgan fingerprint density at radius 3 is 2.14 bits per heavy atom. The second-order valence-corrected chi connectivity index (χ2v) is 7.60. The summed E-state index contributed by atoms with van der Waals surface area (Å²) in [5.41, 5.74) is 4.42. The summed E-state index contributed by atoms with van der Waals surface area (Å²) in [6.45, 7) is 8.82. The number of amides is 2. The van der Waals surface area contributed by atoms with Crippen LogP contribution in [0.25, 0.3) is 0 Å². The van der Waals surface area contributed by atoms with Crippen LogP contribution in [0.4, 0.5) is 0 Å². The van der Waals surface area contributed by atoms with E-state index >= 15 is 0 Å². The van der Waals surface area contributed by atoms with E-state index in [4.69, 9.17) is 8.83 Å². The summed E-state index contributed by atoms with van der Waals surface area (Å²) >= 11 is 0. The van der Waals surface area contributed by atoms with Gasteiger partial charge in [-0.25, -0.2) is 0 Å². The molecule has 1 aliphatic heterocycles. The van der Waals surface area contributed by atoms with Crippen LogP contribution in [0, 0.1) is 27.7 Å². The molecular formula is C23H24N2O4. The van der Waals surface area contributed by atoms with Gasteiger partial charge in [0.15, 0.2) is 0 Å². The number of furan rings is 2. The molecule has 0 atom stereocenters. The first-order chi connectivity index (χ1) is 13.8. The van der Waals surface area contributed by atoms with E-state index in [1.54, 1.807) is 19.1 Å². The maximum atomic E-state index is 12.8. The average Bonchev–Trinajstić information content (AvgIpc) is 3.34. The normalized spacial score (nSPS) is 12.9. The van der Waals surface area contributed by atoms with Gasteiger partial charge in [0.1, 0.15) is 23.0 Å². The lowest BCUT2D eigenvalue weighted by Gasteiger charge is -2.14. The number of aryl methyl sites for hydroxylation is 4. The summed E-state index contributed by atoms with van der Waals surface area (Å²) in [5, 5.41) is 2.94. The molecule has 0 aliphatic carbocycles. The summed E-state index contributed by atoms with van der Waals surface area (Å²) in [7, 11) is 0. The molecule has 0 spiro atoms. The largest absolute Gasteiger partial charge is 0.466 e. The first kappa shape index (κ1) is 19.1. The molecule has 1 N–H and O–H groups in total. The van der Waals surface area contributed by atoms with Gasteiger partial charge in [0.2, 0.25) is 0 Å². The van der Waals surface area contributed by atoms with Crippen molar-refractivity contribution in [3.05, 3.63) is 81.2 Å². The van der Waals surface area contributed by atoms with Gasteiger partial charge in [0.05, 0.1) is 11.1 Å². The highest BCUT2D eigenvalue weighted by Gasteiger charge is 2.27. The van der Waals surface area contributed by atoms with E-state index in [1.807, 2.05) is 37.8 Å². The van der Waals surface area contributed by atoms with Crippen molar-refractivity contribution in [3.8, 4) is 0 Å². The molecular weight excluding hydrogens is 368 g/mol. The van der Waals surface area contributed by atoms with Gasteiger partial charge in [-0.1, -0.05) is 18.2 Å². The average molecular weight is 392 g/mol. The Bertz CT molecular complexity index is 1110. The summed E-state index contributed by atoms with van der Waals surface area (Å²) in [6.07, 6.45) is 0. The Morgan fingerprint density at radius 1 is 0.897 bits per heavy atom. The molecule has 6 heteroatoms. The zero-order valence-corrected chi connectivity index (χ0v) is 17.1. The van der Waals surface area contributed by atoms with E-state index in [-0.39, 0.29) is 11.8 Å². The van der Waals surface area contributed by atoms with E-state index in [2.05, 4.69) is 11.4 Å². The van der Waals surface area contributed by atoms with Gasteiger partial charge in [-0.3, -0.25) is 9.59 Å². The molecule has 0 bridgehead atoms. The Labute approximate surface area is 169 Å². The number of carbonyl (C=O) groups excluding carboxylic acids is 2. The standard InChI is InChI=1S/C23H24N2O4/c1-13-7-20(15(3)28-13)22(26)24-10-17-5-6-18-11-25(12-19(18)9-17)23(27)21-8-14(2)29-16(21)4/h5-9H,10-12H2,1-4H3,(H,24,26). The molecule has 150 valence electrons. The predicted octanol–water partition coefficient (Wildman–Crippen LogP) is 4.19. The van der Waals surface area contributed by atoms with Crippen LogP contribution in [0.15, 0.2) is 39.2 Å². The second-order valence-electron chi connectivity index (χ2n) is 7.60. The Hall–Kier alpha value is -3.28. The zero-order valence-electron chi connectivity index (χ0n) is 17.1. The molecule has 2 aromatic heterocycles. The van der Waals surface area contributed by atoms with Crippen LogP contribution in [-0.4, -0.2) is 16.7 Å². The van der Waals surface area contributed by atoms with E-state index in [1.165, 1.54) is 0 Å². The van der Waals surface area contributed by atoms with Crippen LogP contribution in [0.1, 0.15) is 60.4 Å². The third kappa shape index (κ3) is 3.70. The van der Waals surface area contributed by atoms with E-state index < -0.39 is 0 Å². The van der Waals surface area contributed by atoms with Gasteiger partial charge in [0, 0.05) is 19.6 Å². The van der Waals surface area contributed by atoms with Gasteiger partial charge >= 0.3 is 0 Å². The van der Waals surface area contributed by atoms with Crippen LogP contribution in [0.5, 0.6) is 0 Å². The van der Waals surface area contributed by atoms with Crippen molar-refractivity contribution < 1.29 is 18.4 Å². The van der Waals surface area contributed by atoms with Crippen LogP contribution in [0.3, 0.4) is 0 Å². The fourth-order valence-corrected chi connectivity index (χ4v) is 3.85. The minimum absolute atomic E-state index is 0.0174. The Balaban J connectivity index is 1.43. The lowest BCUT2D eigenvalue weighted by molar-refractivity contribution is 0.0749. The second kappa shape index (κ2) is 7.28. The molecule has 6 nitrogen and oxygen atoms in total. The van der Waals surface area contributed by atoms with Gasteiger partial charge in [-0.2, -0.15) is 0 Å². The number of hydrogen-bond donors (Lipinski definition) is 1. The highest BCUT2D eigenvalue weighted by atomic mass is 16.3. The lowest BCUT2D eigenvalue weighted by atomic mass is 10.1. The number of hydrogen-bond acceptors (Lipinski definition) is 4. The monoisotopic (exact) mass is 392 g/mol. The van der Waals surface area contributed by atoms with Crippen LogP contribution in [0.2, 0.25) is 0 Å². The van der Waals surface area contributed by atoms with Gasteiger partial charge < -0.3 is 19.1 Å². The summed E-state index contributed by atoms with van der Waals surface area (Å²) < 4.78 is 10.9. The number of benzene rings is 1. The molecule has 1 aliphatic rings. The van der Waals surface area contributed by atoms with Gasteiger partial charge in [-0.15, -0.1) is 0 Å². The molecule has 0 saturated carbocycles. The molecule has 3 heterocycles. The highest BCUT2D eigenvalue weighted by molar-refractivity contribution is 5.96. The quantitative estimate of drug-likeness (QED) is 0.722. The van der Waals surface area contributed by atoms with Crippen molar-refractivity contribution >= 4 is 11.8 Å². The van der Waals surface area contributed by atoms with Crippen molar-refractivity contribution in [2.75, 3.05) is 0 Å². The van der Waals surface area contributed by atoms with Crippen LogP contribution in [-0.2, 0) is 19.6 Å². The van der Waals surface area contributed by atoms with Crippen LogP contribution < -0.4 is 5.32 Å². The zero-order chi connectivity index (χ0) is 20.7. The molecule has 29 heavy (non-hydrogen) atoms. The molecule has 3 aromatic rings. The minimum Gasteiger partial charge on any atom is -0.466 e. The van der Waals surface area contributed by atoms with Gasteiger partial charge in [0.25, 0.3) is 11.8 Å². The lowest BCUT2D eigenvalue weighted by Crippen LogP contribution is -2.25. The van der Waals surface area contributed by atoms with Crippen molar-refractivity contribution in [1.29, 1.82) is 0 Å². The molecule has 0 unspecified atom stereocenters. The van der Waals surface area contributed by atoms with Crippen LogP contribution >= 0.6 is 0 Å². The SMILES string of the molecule is Cc1cc(C(=O)NCc2ccc3c(c2)CN(C(=O)c2cc(C)oc2C)C3)c(C)o1. The number of nitrogens with zero attached hydrogens (tertiary/aromatic N) is 1. The fourth-order valence-electron chi connectivity index (χ4n) is 3.85. The molecule has 2 amide bonds. The third-order valence-electron chi connectivity index (χ3n) is 5.29. The summed E-state index contributed by atoms with van der Waals surface area (Å²) in [4.78, 5) is 27.0. The molecule has 0 fully saturated rings. The summed E-state index contributed by atoms with van der Waals surface area (Å²) in [6, 6.07) is 9.63. The number of fused-ring (bicyclic) bond motifs is 1. The van der Waals surface area contributed by atoms with Crippen molar-refractivity contribution in [3.63, 3.8) is 0 Å². The van der Waals surface area contributed by atoms with E-state index in [9.17, 15) is 9.59 Å². The van der Waals surface area contributed by atoms with Crippen molar-refractivity contribution in [1.82, 2.24) is 10.2 Å². The number of nitrogens with one attached hydrogen (secondary N) is 1. The van der Waals surface area contributed by atoms with Crippen molar-refractivity contribution in [2.24, 2.45) is 0 Å². The maximum Gasteiger partial charge on any atom is 0.258 e. The maximum absolute atomic E-state index is 12.8. The minimum atomic E-state index is -0.151.